The third kappa shape index (κ3) is 3.34. The number of halogens is 1. The van der Waals surface area contributed by atoms with Crippen molar-refractivity contribution in [2.45, 2.75) is 38.3 Å². The average molecular weight is 341 g/mol. The summed E-state index contributed by atoms with van der Waals surface area (Å²) in [7, 11) is 0. The van der Waals surface area contributed by atoms with E-state index < -0.39 is 0 Å². The first-order valence-corrected chi connectivity index (χ1v) is 8.20. The Kier molecular flexibility index (Phi) is 5.61. The lowest BCUT2D eigenvalue weighted by molar-refractivity contribution is 0.0577. The maximum Gasteiger partial charge on any atom is 0.274 e. The van der Waals surface area contributed by atoms with Gasteiger partial charge in [0.25, 0.3) is 5.91 Å². The van der Waals surface area contributed by atoms with Gasteiger partial charge in [0.2, 0.25) is 0 Å². The van der Waals surface area contributed by atoms with E-state index in [-0.39, 0.29) is 30.4 Å². The van der Waals surface area contributed by atoms with Crippen LogP contribution in [0.15, 0.2) is 23.6 Å². The van der Waals surface area contributed by atoms with Crippen LogP contribution in [0.5, 0.6) is 0 Å². The van der Waals surface area contributed by atoms with E-state index in [4.69, 9.17) is 5.73 Å². The smallest absolute Gasteiger partial charge is 0.274 e. The van der Waals surface area contributed by atoms with E-state index in [0.717, 1.165) is 36.4 Å². The highest BCUT2D eigenvalue weighted by atomic mass is 35.5. The van der Waals surface area contributed by atoms with Crippen molar-refractivity contribution in [2.24, 2.45) is 5.73 Å². The van der Waals surface area contributed by atoms with Gasteiger partial charge in [0.05, 0.1) is 10.6 Å². The number of likely N-dealkylation sites (tertiary alicyclic amines) is 1. The van der Waals surface area contributed by atoms with Gasteiger partial charge in [-0.25, -0.2) is 0 Å². The van der Waals surface area contributed by atoms with Gasteiger partial charge < -0.3 is 10.6 Å². The molecule has 3 rings (SSSR count). The quantitative estimate of drug-likeness (QED) is 0.902. The summed E-state index contributed by atoms with van der Waals surface area (Å²) in [5.41, 5.74) is 7.40. The zero-order chi connectivity index (χ0) is 14.8. The Balaban J connectivity index is 0.00000176. The fourth-order valence-electron chi connectivity index (χ4n) is 2.89. The van der Waals surface area contributed by atoms with Crippen molar-refractivity contribution in [2.75, 3.05) is 6.54 Å². The van der Waals surface area contributed by atoms with Gasteiger partial charge >= 0.3 is 0 Å². The molecule has 1 fully saturated rings. The molecule has 5 nitrogen and oxygen atoms in total. The summed E-state index contributed by atoms with van der Waals surface area (Å²) in [6.45, 7) is 2.74. The third-order valence-electron chi connectivity index (χ3n) is 4.00. The molecule has 1 amide bonds. The van der Waals surface area contributed by atoms with Gasteiger partial charge in [-0.05, 0) is 43.7 Å². The number of H-pyrrole nitrogens is 1. The summed E-state index contributed by atoms with van der Waals surface area (Å²) < 4.78 is 0. The molecule has 2 atom stereocenters. The number of carbonyl (C=O) groups excluding carboxylic acids is 1. The number of carbonyl (C=O) groups is 1. The van der Waals surface area contributed by atoms with Crippen LogP contribution < -0.4 is 5.73 Å². The van der Waals surface area contributed by atoms with Gasteiger partial charge in [0.1, 0.15) is 0 Å². The zero-order valence-electron chi connectivity index (χ0n) is 12.5. The van der Waals surface area contributed by atoms with E-state index in [2.05, 4.69) is 10.2 Å². The largest absolute Gasteiger partial charge is 0.333 e. The lowest BCUT2D eigenvalue weighted by atomic mass is 9.96. The molecule has 120 valence electrons. The molecule has 0 aromatic carbocycles. The van der Waals surface area contributed by atoms with Gasteiger partial charge in [-0.3, -0.25) is 9.89 Å². The van der Waals surface area contributed by atoms with E-state index in [1.165, 1.54) is 0 Å². The van der Waals surface area contributed by atoms with Crippen molar-refractivity contribution < 1.29 is 4.79 Å². The summed E-state index contributed by atoms with van der Waals surface area (Å²) >= 11 is 1.63. The Morgan fingerprint density at radius 2 is 2.36 bits per heavy atom. The van der Waals surface area contributed by atoms with Crippen LogP contribution in [-0.2, 0) is 0 Å². The fourth-order valence-corrected chi connectivity index (χ4v) is 3.59. The minimum Gasteiger partial charge on any atom is -0.333 e. The molecule has 0 aliphatic carbocycles. The van der Waals surface area contributed by atoms with Gasteiger partial charge in [0.15, 0.2) is 5.69 Å². The molecular formula is C15H21ClN4OS. The summed E-state index contributed by atoms with van der Waals surface area (Å²) in [4.78, 5) is 15.7. The van der Waals surface area contributed by atoms with E-state index >= 15 is 0 Å². The Bertz CT molecular complexity index is 611. The second kappa shape index (κ2) is 7.26. The highest BCUT2D eigenvalue weighted by Crippen LogP contribution is 2.25. The Morgan fingerprint density at radius 1 is 1.55 bits per heavy atom. The minimum atomic E-state index is -0.0175. The van der Waals surface area contributed by atoms with Crippen LogP contribution in [-0.4, -0.2) is 39.6 Å². The van der Waals surface area contributed by atoms with E-state index in [9.17, 15) is 4.79 Å². The zero-order valence-corrected chi connectivity index (χ0v) is 14.1. The summed E-state index contributed by atoms with van der Waals surface area (Å²) in [5.74, 6) is -0.0175. The maximum absolute atomic E-state index is 12.7. The van der Waals surface area contributed by atoms with Crippen LogP contribution in [0.3, 0.4) is 0 Å². The topological polar surface area (TPSA) is 75.0 Å². The number of rotatable bonds is 3. The van der Waals surface area contributed by atoms with Crippen LogP contribution in [0.25, 0.3) is 10.6 Å². The van der Waals surface area contributed by atoms with Crippen LogP contribution in [0.1, 0.15) is 36.7 Å². The standard InChI is InChI=1S/C15H20N4OS.ClH/c1-10(16)13-5-2-3-7-19(13)15(20)12-9-11(17-18-12)14-6-4-8-21-14;/h4,6,8-10,13H,2-3,5,7,16H2,1H3,(H,17,18);1H. The first-order chi connectivity index (χ1) is 10.2. The fraction of sp³-hybridized carbons (Fsp3) is 0.467. The molecule has 3 N–H and O–H groups in total. The molecule has 2 aromatic rings. The maximum atomic E-state index is 12.7. The number of nitrogens with zero attached hydrogens (tertiary/aromatic N) is 2. The second-order valence-electron chi connectivity index (χ2n) is 5.56. The first-order valence-electron chi connectivity index (χ1n) is 7.32. The first kappa shape index (κ1) is 17.0. The van der Waals surface area contributed by atoms with Crippen molar-refractivity contribution in [3.05, 3.63) is 29.3 Å². The summed E-state index contributed by atoms with van der Waals surface area (Å²) in [5, 5.41) is 9.15. The Labute approximate surface area is 140 Å². The summed E-state index contributed by atoms with van der Waals surface area (Å²) in [6, 6.07) is 5.94. The normalized spacial score (nSPS) is 19.5. The van der Waals surface area contributed by atoms with Crippen LogP contribution in [0, 0.1) is 0 Å². The molecule has 0 bridgehead atoms. The number of nitrogens with one attached hydrogen (secondary N) is 1. The molecule has 0 saturated carbocycles. The van der Waals surface area contributed by atoms with Crippen LogP contribution in [0.2, 0.25) is 0 Å². The lowest BCUT2D eigenvalue weighted by Gasteiger charge is -2.37. The second-order valence-corrected chi connectivity index (χ2v) is 6.51. The van der Waals surface area contributed by atoms with Crippen molar-refractivity contribution >= 4 is 29.7 Å². The number of piperidine rings is 1. The monoisotopic (exact) mass is 340 g/mol. The predicted molar refractivity (Wildman–Crippen MR) is 91.5 cm³/mol. The molecular weight excluding hydrogens is 320 g/mol. The number of amides is 1. The van der Waals surface area contributed by atoms with Crippen molar-refractivity contribution in [3.8, 4) is 10.6 Å². The molecule has 1 aliphatic heterocycles. The molecule has 2 aromatic heterocycles. The van der Waals surface area contributed by atoms with Gasteiger partial charge in [-0.2, -0.15) is 5.10 Å². The number of thiophene rings is 1. The Hall–Kier alpha value is -1.37. The highest BCUT2D eigenvalue weighted by molar-refractivity contribution is 7.13. The van der Waals surface area contributed by atoms with Crippen molar-refractivity contribution in [1.82, 2.24) is 15.1 Å². The predicted octanol–water partition coefficient (Wildman–Crippen LogP) is 2.90. The number of aromatic nitrogens is 2. The SMILES string of the molecule is CC(N)C1CCCCN1C(=O)c1cc(-c2cccs2)[nH]n1.Cl. The highest BCUT2D eigenvalue weighted by Gasteiger charge is 2.31. The molecule has 0 spiro atoms. The average Bonchev–Trinajstić information content (AvgIpc) is 3.17. The van der Waals surface area contributed by atoms with Crippen LogP contribution >= 0.6 is 23.7 Å². The van der Waals surface area contributed by atoms with Crippen molar-refractivity contribution in [1.29, 1.82) is 0 Å². The molecule has 7 heteroatoms. The summed E-state index contributed by atoms with van der Waals surface area (Å²) in [6.07, 6.45) is 3.15. The van der Waals surface area contributed by atoms with E-state index in [1.807, 2.05) is 35.4 Å². The van der Waals surface area contributed by atoms with Gasteiger partial charge in [-0.1, -0.05) is 6.07 Å². The van der Waals surface area contributed by atoms with Crippen LogP contribution in [0.4, 0.5) is 0 Å². The third-order valence-corrected chi connectivity index (χ3v) is 4.90. The molecule has 1 aliphatic rings. The number of hydrogen-bond acceptors (Lipinski definition) is 4. The number of aromatic amines is 1. The number of nitrogens with two attached hydrogens (primary N) is 1. The minimum absolute atomic E-state index is 0. The van der Waals surface area contributed by atoms with Gasteiger partial charge in [0, 0.05) is 18.6 Å². The molecule has 0 radical (unpaired) electrons. The van der Waals surface area contributed by atoms with E-state index in [0.29, 0.717) is 5.69 Å². The molecule has 22 heavy (non-hydrogen) atoms. The number of hydrogen-bond donors (Lipinski definition) is 2. The molecule has 2 unspecified atom stereocenters. The molecule has 3 heterocycles. The Morgan fingerprint density at radius 3 is 3.05 bits per heavy atom. The molecule has 1 saturated heterocycles. The van der Waals surface area contributed by atoms with E-state index in [1.54, 1.807) is 11.3 Å². The van der Waals surface area contributed by atoms with Gasteiger partial charge in [-0.15, -0.1) is 23.7 Å². The lowest BCUT2D eigenvalue weighted by Crippen LogP contribution is -2.51. The van der Waals surface area contributed by atoms with Crippen molar-refractivity contribution in [3.63, 3.8) is 0 Å².